The van der Waals surface area contributed by atoms with E-state index in [0.717, 1.165) is 64.2 Å². The van der Waals surface area contributed by atoms with Gasteiger partial charge in [-0.15, -0.1) is 0 Å². The molecule has 0 radical (unpaired) electrons. The minimum Gasteiger partial charge on any atom is -0.462 e. The Hall–Kier alpha value is -2.37. The van der Waals surface area contributed by atoms with Crippen LogP contribution in [0.1, 0.15) is 303 Å². The molecule has 0 aromatic rings. The highest BCUT2D eigenvalue weighted by Crippen LogP contribution is 2.16. The van der Waals surface area contributed by atoms with Crippen LogP contribution < -0.4 is 0 Å². The van der Waals surface area contributed by atoms with Crippen molar-refractivity contribution in [3.63, 3.8) is 0 Å². The molecular weight excluding hydrogens is 805 g/mol. The number of hydrogen-bond acceptors (Lipinski definition) is 6. The fourth-order valence-electron chi connectivity index (χ4n) is 8.29. The lowest BCUT2D eigenvalue weighted by Gasteiger charge is -2.18. The molecule has 0 unspecified atom stereocenters. The summed E-state index contributed by atoms with van der Waals surface area (Å²) < 4.78 is 16.9. The Balaban J connectivity index is 4.33. The number of carbonyl (C=O) groups is 3. The SMILES string of the molecule is CCCCC/C=C/C/C=C/CCCCCCCCCCCC(=O)OC[C@@H](COC(=O)CCCCCCCCCCCCCCC)OC(=O)CCCCCCCCC/C=C/CCCCCC. The van der Waals surface area contributed by atoms with Gasteiger partial charge in [0.05, 0.1) is 0 Å². The number of unbranched alkanes of at least 4 members (excludes halogenated alkanes) is 35. The van der Waals surface area contributed by atoms with Gasteiger partial charge in [-0.05, 0) is 77.0 Å². The van der Waals surface area contributed by atoms with Crippen molar-refractivity contribution in [1.82, 2.24) is 0 Å². The van der Waals surface area contributed by atoms with Gasteiger partial charge in [0.2, 0.25) is 0 Å². The highest BCUT2D eigenvalue weighted by atomic mass is 16.6. The summed E-state index contributed by atoms with van der Waals surface area (Å²) in [5, 5.41) is 0. The standard InChI is InChI=1S/C59H108O6/c1-4-7-10-13-16-19-22-25-27-28-29-30-32-34-37-40-43-46-49-52-58(61)64-55-56(54-63-57(60)51-48-45-42-39-36-33-24-21-18-15-12-9-6-3)65-59(62)53-50-47-44-41-38-35-31-26-23-20-17-14-11-8-5-2/h16,19-20,23,25,27,56H,4-15,17-18,21-22,24,26,28-55H2,1-3H3/b19-16+,23-20+,27-25+/t56-/m1/s1. The Morgan fingerprint density at radius 2 is 0.554 bits per heavy atom. The summed E-state index contributed by atoms with van der Waals surface area (Å²) in [6.07, 6.45) is 64.1. The lowest BCUT2D eigenvalue weighted by Crippen LogP contribution is -2.30. The predicted octanol–water partition coefficient (Wildman–Crippen LogP) is 18.9. The minimum absolute atomic E-state index is 0.0715. The fraction of sp³-hybridized carbons (Fsp3) is 0.847. The van der Waals surface area contributed by atoms with Crippen LogP contribution in [-0.2, 0) is 28.6 Å². The molecule has 0 heterocycles. The van der Waals surface area contributed by atoms with E-state index in [9.17, 15) is 14.4 Å². The summed E-state index contributed by atoms with van der Waals surface area (Å²) in [6, 6.07) is 0. The molecule has 0 aliphatic heterocycles. The first-order valence-electron chi connectivity index (χ1n) is 28.5. The van der Waals surface area contributed by atoms with Gasteiger partial charge in [0.1, 0.15) is 13.2 Å². The second-order valence-electron chi connectivity index (χ2n) is 19.2. The smallest absolute Gasteiger partial charge is 0.306 e. The van der Waals surface area contributed by atoms with Crippen LogP contribution in [0, 0.1) is 0 Å². The molecule has 0 aliphatic carbocycles. The Morgan fingerprint density at radius 1 is 0.308 bits per heavy atom. The van der Waals surface area contributed by atoms with E-state index >= 15 is 0 Å². The van der Waals surface area contributed by atoms with Gasteiger partial charge in [-0.2, -0.15) is 0 Å². The van der Waals surface area contributed by atoms with E-state index < -0.39 is 6.10 Å². The third kappa shape index (κ3) is 52.5. The maximum atomic E-state index is 12.8. The predicted molar refractivity (Wildman–Crippen MR) is 279 cm³/mol. The summed E-state index contributed by atoms with van der Waals surface area (Å²) in [4.78, 5) is 38.1. The third-order valence-corrected chi connectivity index (χ3v) is 12.6. The minimum atomic E-state index is -0.772. The molecule has 0 aromatic heterocycles. The molecular formula is C59H108O6. The van der Waals surface area contributed by atoms with Gasteiger partial charge in [0, 0.05) is 19.3 Å². The number of carbonyl (C=O) groups excluding carboxylic acids is 3. The van der Waals surface area contributed by atoms with E-state index in [-0.39, 0.29) is 31.1 Å². The van der Waals surface area contributed by atoms with Gasteiger partial charge in [0.15, 0.2) is 6.10 Å². The van der Waals surface area contributed by atoms with Gasteiger partial charge in [-0.3, -0.25) is 14.4 Å². The molecule has 0 bridgehead atoms. The van der Waals surface area contributed by atoms with Gasteiger partial charge in [-0.25, -0.2) is 0 Å². The van der Waals surface area contributed by atoms with Crippen molar-refractivity contribution in [2.24, 2.45) is 0 Å². The van der Waals surface area contributed by atoms with Crippen LogP contribution in [0.4, 0.5) is 0 Å². The van der Waals surface area contributed by atoms with E-state index in [4.69, 9.17) is 14.2 Å². The van der Waals surface area contributed by atoms with Gasteiger partial charge in [-0.1, -0.05) is 243 Å². The molecule has 0 aliphatic rings. The zero-order valence-corrected chi connectivity index (χ0v) is 43.5. The maximum Gasteiger partial charge on any atom is 0.306 e. The van der Waals surface area contributed by atoms with Gasteiger partial charge >= 0.3 is 17.9 Å². The lowest BCUT2D eigenvalue weighted by molar-refractivity contribution is -0.167. The van der Waals surface area contributed by atoms with E-state index in [2.05, 4.69) is 57.2 Å². The van der Waals surface area contributed by atoms with Crippen LogP contribution >= 0.6 is 0 Å². The largest absolute Gasteiger partial charge is 0.462 e. The Kier molecular flexibility index (Phi) is 52.3. The molecule has 1 atom stereocenters. The Labute approximate surface area is 404 Å². The van der Waals surface area contributed by atoms with Crippen LogP contribution in [0.25, 0.3) is 0 Å². The molecule has 0 saturated heterocycles. The van der Waals surface area contributed by atoms with E-state index in [1.807, 2.05) is 0 Å². The second-order valence-corrected chi connectivity index (χ2v) is 19.2. The van der Waals surface area contributed by atoms with Gasteiger partial charge in [0.25, 0.3) is 0 Å². The molecule has 6 nitrogen and oxygen atoms in total. The van der Waals surface area contributed by atoms with E-state index in [1.54, 1.807) is 0 Å². The van der Waals surface area contributed by atoms with Crippen molar-refractivity contribution in [3.05, 3.63) is 36.5 Å². The molecule has 0 spiro atoms. The normalized spacial score (nSPS) is 12.2. The number of allylic oxidation sites excluding steroid dienone is 6. The Bertz CT molecular complexity index is 1090. The maximum absolute atomic E-state index is 12.8. The van der Waals surface area contributed by atoms with Crippen molar-refractivity contribution in [3.8, 4) is 0 Å². The molecule has 65 heavy (non-hydrogen) atoms. The molecule has 0 amide bonds. The van der Waals surface area contributed by atoms with Crippen molar-refractivity contribution in [1.29, 1.82) is 0 Å². The molecule has 0 N–H and O–H groups in total. The molecule has 6 heteroatoms. The summed E-state index contributed by atoms with van der Waals surface area (Å²) in [5.74, 6) is -0.865. The van der Waals surface area contributed by atoms with Crippen LogP contribution in [0.2, 0.25) is 0 Å². The van der Waals surface area contributed by atoms with Gasteiger partial charge < -0.3 is 14.2 Å². The monoisotopic (exact) mass is 913 g/mol. The lowest BCUT2D eigenvalue weighted by atomic mass is 10.0. The zero-order valence-electron chi connectivity index (χ0n) is 43.5. The van der Waals surface area contributed by atoms with Crippen molar-refractivity contribution < 1.29 is 28.6 Å². The average molecular weight is 914 g/mol. The number of hydrogen-bond donors (Lipinski definition) is 0. The third-order valence-electron chi connectivity index (χ3n) is 12.6. The highest BCUT2D eigenvalue weighted by molar-refractivity contribution is 5.71. The molecule has 0 fully saturated rings. The van der Waals surface area contributed by atoms with Crippen LogP contribution in [0.5, 0.6) is 0 Å². The quantitative estimate of drug-likeness (QED) is 0.0262. The highest BCUT2D eigenvalue weighted by Gasteiger charge is 2.19. The molecule has 0 aromatic carbocycles. The molecule has 0 rings (SSSR count). The zero-order chi connectivity index (χ0) is 47.2. The summed E-state index contributed by atoms with van der Waals surface area (Å²) >= 11 is 0. The van der Waals surface area contributed by atoms with Crippen LogP contribution in [-0.4, -0.2) is 37.2 Å². The van der Waals surface area contributed by atoms with E-state index in [0.29, 0.717) is 19.3 Å². The average Bonchev–Trinajstić information content (AvgIpc) is 3.30. The Morgan fingerprint density at radius 3 is 0.908 bits per heavy atom. The summed E-state index contributed by atoms with van der Waals surface area (Å²) in [7, 11) is 0. The number of ether oxygens (including phenoxy) is 3. The fourth-order valence-corrected chi connectivity index (χ4v) is 8.29. The summed E-state index contributed by atoms with van der Waals surface area (Å²) in [5.41, 5.74) is 0. The van der Waals surface area contributed by atoms with Crippen molar-refractivity contribution >= 4 is 17.9 Å². The van der Waals surface area contributed by atoms with Crippen molar-refractivity contribution in [2.75, 3.05) is 13.2 Å². The number of rotatable bonds is 52. The van der Waals surface area contributed by atoms with Crippen LogP contribution in [0.15, 0.2) is 36.5 Å². The molecule has 0 saturated carbocycles. The second kappa shape index (κ2) is 54.2. The van der Waals surface area contributed by atoms with Crippen molar-refractivity contribution in [2.45, 2.75) is 309 Å². The molecule has 380 valence electrons. The first-order valence-corrected chi connectivity index (χ1v) is 28.5. The van der Waals surface area contributed by atoms with E-state index in [1.165, 1.54) is 199 Å². The topological polar surface area (TPSA) is 78.9 Å². The first-order chi connectivity index (χ1) is 32.0. The first kappa shape index (κ1) is 62.6. The number of esters is 3. The van der Waals surface area contributed by atoms with Crippen LogP contribution in [0.3, 0.4) is 0 Å². The summed E-state index contributed by atoms with van der Waals surface area (Å²) in [6.45, 7) is 6.63.